The van der Waals surface area contributed by atoms with Crippen molar-refractivity contribution in [1.82, 2.24) is 0 Å². The minimum atomic E-state index is -0.706. The van der Waals surface area contributed by atoms with Crippen LogP contribution in [-0.4, -0.2) is 0 Å². The first-order valence-corrected chi connectivity index (χ1v) is 22.9. The molecule has 10 aromatic carbocycles. The van der Waals surface area contributed by atoms with E-state index < -0.39 is 10.8 Å². The zero-order valence-electron chi connectivity index (χ0n) is 36.5. The first kappa shape index (κ1) is 39.2. The van der Waals surface area contributed by atoms with Gasteiger partial charge < -0.3 is 9.80 Å². The number of hydrogen-bond donors (Lipinski definition) is 0. The van der Waals surface area contributed by atoms with Crippen LogP contribution in [0.4, 0.5) is 34.1 Å². The fraction of sp³-hybridized carbons (Fsp3) is 0.0312. The number of anilines is 6. The summed E-state index contributed by atoms with van der Waals surface area (Å²) in [5, 5.41) is 0. The lowest BCUT2D eigenvalue weighted by atomic mass is 9.64. The highest BCUT2D eigenvalue weighted by Gasteiger charge is 2.59. The van der Waals surface area contributed by atoms with Gasteiger partial charge in [-0.25, -0.2) is 0 Å². The van der Waals surface area contributed by atoms with Crippen molar-refractivity contribution in [3.63, 3.8) is 0 Å². The molecule has 0 fully saturated rings. The van der Waals surface area contributed by atoms with Gasteiger partial charge in [-0.1, -0.05) is 206 Å². The van der Waals surface area contributed by atoms with Gasteiger partial charge in [0.2, 0.25) is 0 Å². The summed E-state index contributed by atoms with van der Waals surface area (Å²) < 4.78 is 0. The molecular formula is C64H46N2. The third-order valence-electron chi connectivity index (χ3n) is 13.8. The summed E-state index contributed by atoms with van der Waals surface area (Å²) in [5.41, 5.74) is 17.8. The third-order valence-corrected chi connectivity index (χ3v) is 13.8. The van der Waals surface area contributed by atoms with Crippen molar-refractivity contribution in [3.8, 4) is 0 Å². The third kappa shape index (κ3) is 6.03. The molecule has 66 heavy (non-hydrogen) atoms. The van der Waals surface area contributed by atoms with Gasteiger partial charge in [0.25, 0.3) is 0 Å². The number of benzene rings is 10. The molecule has 12 rings (SSSR count). The predicted octanol–water partition coefficient (Wildman–Crippen LogP) is 16.2. The average Bonchev–Trinajstić information content (AvgIpc) is 3.87. The molecular weight excluding hydrogens is 797 g/mol. The summed E-state index contributed by atoms with van der Waals surface area (Å²) in [7, 11) is 0. The van der Waals surface area contributed by atoms with E-state index in [0.29, 0.717) is 0 Å². The largest absolute Gasteiger partial charge is 0.310 e. The molecule has 0 aromatic heterocycles. The fourth-order valence-electron chi connectivity index (χ4n) is 11.2. The second-order valence-electron chi connectivity index (χ2n) is 17.2. The first-order chi connectivity index (χ1) is 32.8. The van der Waals surface area contributed by atoms with Crippen molar-refractivity contribution in [3.05, 3.63) is 324 Å². The predicted molar refractivity (Wildman–Crippen MR) is 275 cm³/mol. The summed E-state index contributed by atoms with van der Waals surface area (Å²) in [6, 6.07) is 103. The van der Waals surface area contributed by atoms with E-state index in [-0.39, 0.29) is 0 Å². The van der Waals surface area contributed by atoms with E-state index >= 15 is 0 Å². The van der Waals surface area contributed by atoms with Gasteiger partial charge in [0.1, 0.15) is 0 Å². The lowest BCUT2D eigenvalue weighted by molar-refractivity contribution is 0.800. The second kappa shape index (κ2) is 16.3. The molecule has 0 N–H and O–H groups in total. The SMILES string of the molecule is c1ccc(N(c2ccccc2)c2ccc3c(c2)C(c2ccccc2)(c2ccccc2)C2=C3C(c3ccccc3)(c3ccccc3)c3cc(N(c4ccccc4)c4ccccc4)ccc32)cc1. The quantitative estimate of drug-likeness (QED) is 0.135. The second-order valence-corrected chi connectivity index (χ2v) is 17.2. The Labute approximate surface area is 387 Å². The van der Waals surface area contributed by atoms with E-state index in [0.717, 1.165) is 34.1 Å². The fourth-order valence-corrected chi connectivity index (χ4v) is 11.2. The monoisotopic (exact) mass is 842 g/mol. The first-order valence-electron chi connectivity index (χ1n) is 22.9. The van der Waals surface area contributed by atoms with Crippen LogP contribution in [0.15, 0.2) is 279 Å². The maximum Gasteiger partial charge on any atom is 0.0717 e. The van der Waals surface area contributed by atoms with Crippen molar-refractivity contribution in [2.45, 2.75) is 10.8 Å². The zero-order valence-corrected chi connectivity index (χ0v) is 36.5. The summed E-state index contributed by atoms with van der Waals surface area (Å²) in [6.45, 7) is 0. The molecule has 0 saturated heterocycles. The van der Waals surface area contributed by atoms with Gasteiger partial charge in [0, 0.05) is 34.1 Å². The molecule has 2 nitrogen and oxygen atoms in total. The molecule has 0 atom stereocenters. The summed E-state index contributed by atoms with van der Waals surface area (Å²) in [5.74, 6) is 0. The van der Waals surface area contributed by atoms with Crippen molar-refractivity contribution >= 4 is 45.3 Å². The molecule has 0 saturated carbocycles. The Kier molecular flexibility index (Phi) is 9.65. The van der Waals surface area contributed by atoms with Crippen LogP contribution in [0.3, 0.4) is 0 Å². The van der Waals surface area contributed by atoms with Crippen LogP contribution in [0.25, 0.3) is 11.1 Å². The van der Waals surface area contributed by atoms with Crippen LogP contribution in [0, 0.1) is 0 Å². The van der Waals surface area contributed by atoms with Crippen molar-refractivity contribution in [2.75, 3.05) is 9.80 Å². The summed E-state index contributed by atoms with van der Waals surface area (Å²) in [4.78, 5) is 4.79. The molecule has 2 aliphatic carbocycles. The lowest BCUT2D eigenvalue weighted by Gasteiger charge is -2.38. The molecule has 0 unspecified atom stereocenters. The van der Waals surface area contributed by atoms with Crippen LogP contribution in [-0.2, 0) is 10.8 Å². The van der Waals surface area contributed by atoms with Gasteiger partial charge >= 0.3 is 0 Å². The maximum absolute atomic E-state index is 2.50. The molecule has 0 amide bonds. The maximum atomic E-state index is 2.50. The van der Waals surface area contributed by atoms with E-state index in [1.165, 1.54) is 55.7 Å². The van der Waals surface area contributed by atoms with Gasteiger partial charge in [-0.2, -0.15) is 0 Å². The Morgan fingerprint density at radius 2 is 0.439 bits per heavy atom. The van der Waals surface area contributed by atoms with E-state index in [1.807, 2.05) is 0 Å². The Bertz CT molecular complexity index is 2930. The minimum absolute atomic E-state index is 0.706. The van der Waals surface area contributed by atoms with Crippen molar-refractivity contribution < 1.29 is 0 Å². The number of fused-ring (bicyclic) bond motifs is 4. The normalized spacial score (nSPS) is 13.9. The van der Waals surface area contributed by atoms with Gasteiger partial charge in [0.15, 0.2) is 0 Å². The van der Waals surface area contributed by atoms with Crippen molar-refractivity contribution in [1.29, 1.82) is 0 Å². The molecule has 0 bridgehead atoms. The Morgan fingerprint density at radius 1 is 0.212 bits per heavy atom. The Hall–Kier alpha value is -8.46. The minimum Gasteiger partial charge on any atom is -0.310 e. The van der Waals surface area contributed by atoms with Gasteiger partial charge in [-0.15, -0.1) is 0 Å². The van der Waals surface area contributed by atoms with Crippen LogP contribution < -0.4 is 9.80 Å². The lowest BCUT2D eigenvalue weighted by Crippen LogP contribution is -2.31. The highest BCUT2D eigenvalue weighted by molar-refractivity contribution is 6.16. The van der Waals surface area contributed by atoms with Crippen LogP contribution in [0.2, 0.25) is 0 Å². The zero-order chi connectivity index (χ0) is 43.9. The molecule has 2 heteroatoms. The van der Waals surface area contributed by atoms with Gasteiger partial charge in [-0.05, 0) is 128 Å². The average molecular weight is 843 g/mol. The Balaban J connectivity index is 1.23. The summed E-state index contributed by atoms with van der Waals surface area (Å²) >= 11 is 0. The van der Waals surface area contributed by atoms with Crippen LogP contribution >= 0.6 is 0 Å². The van der Waals surface area contributed by atoms with E-state index in [1.54, 1.807) is 0 Å². The molecule has 2 aliphatic rings. The summed E-state index contributed by atoms with van der Waals surface area (Å²) in [6.07, 6.45) is 0. The number of para-hydroxylation sites is 4. The molecule has 0 aliphatic heterocycles. The molecule has 0 radical (unpaired) electrons. The van der Waals surface area contributed by atoms with Crippen molar-refractivity contribution in [2.24, 2.45) is 0 Å². The molecule has 0 spiro atoms. The highest BCUT2D eigenvalue weighted by Crippen LogP contribution is 2.70. The molecule has 10 aromatic rings. The van der Waals surface area contributed by atoms with E-state index in [4.69, 9.17) is 0 Å². The standard InChI is InChI=1S/C64H46N2/c1-9-25-47(26-10-1)63(48-27-11-2-12-28-48)59-45-55(65(51-33-17-5-18-34-51)52-35-19-6-20-36-52)41-43-57(59)62-61(63)58-44-42-56(66(53-37-21-7-22-38-53)54-39-23-8-24-40-54)46-60(58)64(62,49-29-13-3-14-30-49)50-31-15-4-16-32-50/h1-46H. The molecule has 0 heterocycles. The Morgan fingerprint density at radius 3 is 0.682 bits per heavy atom. The van der Waals surface area contributed by atoms with E-state index in [2.05, 4.69) is 289 Å². The smallest absolute Gasteiger partial charge is 0.0717 e. The number of rotatable bonds is 10. The van der Waals surface area contributed by atoms with Crippen LogP contribution in [0.1, 0.15) is 44.5 Å². The van der Waals surface area contributed by atoms with Gasteiger partial charge in [0.05, 0.1) is 10.8 Å². The number of hydrogen-bond acceptors (Lipinski definition) is 2. The molecule has 312 valence electrons. The number of allylic oxidation sites excluding steroid dienone is 2. The van der Waals surface area contributed by atoms with Crippen LogP contribution in [0.5, 0.6) is 0 Å². The number of nitrogens with zero attached hydrogens (tertiary/aromatic N) is 2. The van der Waals surface area contributed by atoms with Gasteiger partial charge in [-0.3, -0.25) is 0 Å². The highest BCUT2D eigenvalue weighted by atomic mass is 15.1. The van der Waals surface area contributed by atoms with E-state index in [9.17, 15) is 0 Å². The topological polar surface area (TPSA) is 6.48 Å².